The Balaban J connectivity index is 1.50. The van der Waals surface area contributed by atoms with Crippen molar-refractivity contribution >= 4 is 11.9 Å². The zero-order chi connectivity index (χ0) is 17.2. The molecule has 0 spiro atoms. The second-order valence-corrected chi connectivity index (χ2v) is 6.89. The Morgan fingerprint density at radius 1 is 1.40 bits per heavy atom. The van der Waals surface area contributed by atoms with Crippen molar-refractivity contribution in [1.82, 2.24) is 20.2 Å². The van der Waals surface area contributed by atoms with Gasteiger partial charge >= 0.3 is 0 Å². The highest BCUT2D eigenvalue weighted by Crippen LogP contribution is 2.42. The average Bonchev–Trinajstić information content (AvgIpc) is 2.92. The lowest BCUT2D eigenvalue weighted by Crippen LogP contribution is -2.44. The molecule has 7 heteroatoms. The maximum atomic E-state index is 12.1. The summed E-state index contributed by atoms with van der Waals surface area (Å²) < 4.78 is 5.41. The molecule has 4 heterocycles. The maximum Gasteiger partial charge on any atom is 0.234 e. The molecule has 0 saturated carbocycles. The van der Waals surface area contributed by atoms with Crippen LogP contribution in [0.4, 0.5) is 5.95 Å². The Morgan fingerprint density at radius 3 is 3.04 bits per heavy atom. The lowest BCUT2D eigenvalue weighted by molar-refractivity contribution is -0.122. The van der Waals surface area contributed by atoms with E-state index in [0.29, 0.717) is 19.1 Å². The normalized spacial score (nSPS) is 25.5. The Bertz CT molecular complexity index is 659. The standard InChI is InChI=1S/C18H25N5O2/c1-2-5-19-17(24)12-23-13-3-4-16(23)14-11-20-18(21-15(14)10-13)22-6-8-25-9-7-22/h2,11,13,16H,1,3-10,12H2,(H,19,24)/t13-,16+/m0/s1. The molecule has 0 aromatic carbocycles. The summed E-state index contributed by atoms with van der Waals surface area (Å²) in [5.41, 5.74) is 2.36. The Hall–Kier alpha value is -1.99. The first-order chi connectivity index (χ1) is 12.3. The summed E-state index contributed by atoms with van der Waals surface area (Å²) in [6.07, 6.45) is 6.78. The number of fused-ring (bicyclic) bond motifs is 4. The smallest absolute Gasteiger partial charge is 0.234 e. The third-order valence-electron chi connectivity index (χ3n) is 5.38. The van der Waals surface area contributed by atoms with Gasteiger partial charge in [-0.2, -0.15) is 0 Å². The molecule has 2 fully saturated rings. The van der Waals surface area contributed by atoms with E-state index >= 15 is 0 Å². The average molecular weight is 343 g/mol. The number of nitrogens with one attached hydrogen (secondary N) is 1. The fourth-order valence-corrected chi connectivity index (χ4v) is 4.13. The van der Waals surface area contributed by atoms with E-state index < -0.39 is 0 Å². The predicted molar refractivity (Wildman–Crippen MR) is 94.4 cm³/mol. The van der Waals surface area contributed by atoms with E-state index in [1.807, 2.05) is 6.20 Å². The molecule has 1 aromatic rings. The Morgan fingerprint density at radius 2 is 2.24 bits per heavy atom. The van der Waals surface area contributed by atoms with Crippen LogP contribution in [0.2, 0.25) is 0 Å². The van der Waals surface area contributed by atoms with Crippen LogP contribution in [0.5, 0.6) is 0 Å². The summed E-state index contributed by atoms with van der Waals surface area (Å²) in [4.78, 5) is 26.1. The number of nitrogens with zero attached hydrogens (tertiary/aromatic N) is 4. The highest BCUT2D eigenvalue weighted by Gasteiger charge is 2.41. The maximum absolute atomic E-state index is 12.1. The van der Waals surface area contributed by atoms with E-state index in [9.17, 15) is 4.79 Å². The van der Waals surface area contributed by atoms with Crippen LogP contribution in [0.1, 0.15) is 30.1 Å². The van der Waals surface area contributed by atoms with Gasteiger partial charge in [0.05, 0.1) is 25.5 Å². The van der Waals surface area contributed by atoms with Gasteiger partial charge in [-0.25, -0.2) is 9.97 Å². The van der Waals surface area contributed by atoms with Crippen molar-refractivity contribution in [2.45, 2.75) is 31.3 Å². The van der Waals surface area contributed by atoms with Crippen molar-refractivity contribution in [1.29, 1.82) is 0 Å². The summed E-state index contributed by atoms with van der Waals surface area (Å²) in [6.45, 7) is 7.77. The van der Waals surface area contributed by atoms with Gasteiger partial charge in [0.25, 0.3) is 0 Å². The fourth-order valence-electron chi connectivity index (χ4n) is 4.13. The second kappa shape index (κ2) is 7.09. The van der Waals surface area contributed by atoms with Gasteiger partial charge in [0.15, 0.2) is 0 Å². The molecule has 4 rings (SSSR count). The molecule has 3 aliphatic rings. The molecule has 25 heavy (non-hydrogen) atoms. The number of hydrogen-bond donors (Lipinski definition) is 1. The quantitative estimate of drug-likeness (QED) is 0.793. The van der Waals surface area contributed by atoms with E-state index in [1.54, 1.807) is 6.08 Å². The van der Waals surface area contributed by atoms with Gasteiger partial charge < -0.3 is 15.0 Å². The molecule has 2 atom stereocenters. The topological polar surface area (TPSA) is 70.6 Å². The fraction of sp³-hybridized carbons (Fsp3) is 0.611. The molecular formula is C18H25N5O2. The molecule has 1 N–H and O–H groups in total. The molecule has 3 aliphatic heterocycles. The number of morpholine rings is 1. The molecular weight excluding hydrogens is 318 g/mol. The highest BCUT2D eigenvalue weighted by atomic mass is 16.5. The van der Waals surface area contributed by atoms with E-state index in [2.05, 4.69) is 26.7 Å². The monoisotopic (exact) mass is 343 g/mol. The van der Waals surface area contributed by atoms with Gasteiger partial charge in [-0.3, -0.25) is 9.69 Å². The van der Waals surface area contributed by atoms with Crippen molar-refractivity contribution < 1.29 is 9.53 Å². The van der Waals surface area contributed by atoms with Crippen LogP contribution in [-0.2, 0) is 16.0 Å². The van der Waals surface area contributed by atoms with E-state index in [0.717, 1.165) is 57.2 Å². The number of rotatable bonds is 5. The number of hydrogen-bond acceptors (Lipinski definition) is 6. The highest BCUT2D eigenvalue weighted by molar-refractivity contribution is 5.78. The summed E-state index contributed by atoms with van der Waals surface area (Å²) in [6, 6.07) is 0.668. The van der Waals surface area contributed by atoms with Crippen LogP contribution in [0, 0.1) is 0 Å². The van der Waals surface area contributed by atoms with Gasteiger partial charge in [-0.15, -0.1) is 6.58 Å². The van der Waals surface area contributed by atoms with Gasteiger partial charge in [0, 0.05) is 49.9 Å². The van der Waals surface area contributed by atoms with Gasteiger partial charge in [-0.05, 0) is 12.8 Å². The summed E-state index contributed by atoms with van der Waals surface area (Å²) >= 11 is 0. The van der Waals surface area contributed by atoms with Crippen LogP contribution in [0.3, 0.4) is 0 Å². The number of carbonyl (C=O) groups is 1. The molecule has 0 aliphatic carbocycles. The molecule has 2 saturated heterocycles. The van der Waals surface area contributed by atoms with Crippen LogP contribution in [0.15, 0.2) is 18.9 Å². The minimum atomic E-state index is 0.0612. The lowest BCUT2D eigenvalue weighted by atomic mass is 9.99. The molecule has 1 aromatic heterocycles. The first kappa shape index (κ1) is 16.5. The van der Waals surface area contributed by atoms with Gasteiger partial charge in [-0.1, -0.05) is 6.08 Å². The molecule has 134 valence electrons. The number of anilines is 1. The largest absolute Gasteiger partial charge is 0.378 e. The van der Waals surface area contributed by atoms with Crippen molar-refractivity contribution in [3.63, 3.8) is 0 Å². The molecule has 0 radical (unpaired) electrons. The number of amides is 1. The van der Waals surface area contributed by atoms with Crippen molar-refractivity contribution in [2.75, 3.05) is 44.3 Å². The minimum Gasteiger partial charge on any atom is -0.378 e. The summed E-state index contributed by atoms with van der Waals surface area (Å²) in [5.74, 6) is 0.879. The number of aromatic nitrogens is 2. The zero-order valence-electron chi connectivity index (χ0n) is 14.5. The first-order valence-corrected chi connectivity index (χ1v) is 9.08. The molecule has 2 bridgehead atoms. The SMILES string of the molecule is C=CCNC(=O)CN1[C@H]2CC[C@@H]1c1cnc(N3CCOCC3)nc1C2. The lowest BCUT2D eigenvalue weighted by Gasteiger charge is -2.35. The second-order valence-electron chi connectivity index (χ2n) is 6.89. The molecule has 7 nitrogen and oxygen atoms in total. The number of ether oxygens (including phenoxy) is 1. The van der Waals surface area contributed by atoms with Gasteiger partial charge in [0.1, 0.15) is 0 Å². The molecule has 0 unspecified atom stereocenters. The van der Waals surface area contributed by atoms with Crippen molar-refractivity contribution in [3.8, 4) is 0 Å². The third-order valence-corrected chi connectivity index (χ3v) is 5.38. The van der Waals surface area contributed by atoms with Crippen LogP contribution in [-0.4, -0.2) is 66.2 Å². The van der Waals surface area contributed by atoms with E-state index in [4.69, 9.17) is 9.72 Å². The predicted octanol–water partition coefficient (Wildman–Crippen LogP) is 0.677. The van der Waals surface area contributed by atoms with Crippen molar-refractivity contribution in [2.24, 2.45) is 0 Å². The van der Waals surface area contributed by atoms with Crippen molar-refractivity contribution in [3.05, 3.63) is 30.1 Å². The van der Waals surface area contributed by atoms with E-state index in [-0.39, 0.29) is 11.9 Å². The third kappa shape index (κ3) is 3.26. The zero-order valence-corrected chi connectivity index (χ0v) is 14.5. The first-order valence-electron chi connectivity index (χ1n) is 9.08. The molecule has 1 amide bonds. The Kier molecular flexibility index (Phi) is 4.67. The van der Waals surface area contributed by atoms with Gasteiger partial charge in [0.2, 0.25) is 11.9 Å². The summed E-state index contributed by atoms with van der Waals surface area (Å²) in [5, 5.41) is 2.88. The van der Waals surface area contributed by atoms with Crippen LogP contribution >= 0.6 is 0 Å². The minimum absolute atomic E-state index is 0.0612. The van der Waals surface area contributed by atoms with Crippen LogP contribution < -0.4 is 10.2 Å². The van der Waals surface area contributed by atoms with Crippen LogP contribution in [0.25, 0.3) is 0 Å². The number of carbonyl (C=O) groups excluding carboxylic acids is 1. The summed E-state index contributed by atoms with van der Waals surface area (Å²) in [7, 11) is 0. The Labute approximate surface area is 148 Å². The van der Waals surface area contributed by atoms with E-state index in [1.165, 1.54) is 5.56 Å².